The number of aliphatic carboxylic acids is 1. The van der Waals surface area contributed by atoms with Crippen LogP contribution in [-0.2, 0) is 9.59 Å². The molecule has 0 amide bonds. The molecule has 0 aromatic rings. The molecule has 0 heterocycles. The van der Waals surface area contributed by atoms with Gasteiger partial charge in [-0.15, -0.1) is 0 Å². The summed E-state index contributed by atoms with van der Waals surface area (Å²) in [5.41, 5.74) is 2.13. The highest BCUT2D eigenvalue weighted by atomic mass is 16.4. The molecular weight excluding hydrogens is 328 g/mol. The lowest BCUT2D eigenvalue weighted by atomic mass is 9.83. The molecule has 0 saturated carbocycles. The first-order chi connectivity index (χ1) is 12.0. The van der Waals surface area contributed by atoms with Crippen LogP contribution in [0.1, 0.15) is 61.3 Å². The van der Waals surface area contributed by atoms with Crippen LogP contribution in [0.4, 0.5) is 0 Å². The van der Waals surface area contributed by atoms with Gasteiger partial charge in [0, 0.05) is 11.8 Å². The van der Waals surface area contributed by atoms with Gasteiger partial charge in [-0.05, 0) is 39.5 Å². The lowest BCUT2D eigenvalue weighted by molar-refractivity contribution is -0.141. The van der Waals surface area contributed by atoms with Crippen LogP contribution in [0.3, 0.4) is 0 Å². The molecule has 0 spiro atoms. The Kier molecular flexibility index (Phi) is 11.1. The Morgan fingerprint density at radius 2 is 1.65 bits per heavy atom. The predicted octanol–water partition coefficient (Wildman–Crippen LogP) is 4.79. The van der Waals surface area contributed by atoms with Gasteiger partial charge in [0.2, 0.25) is 0 Å². The molecule has 0 rings (SSSR count). The summed E-state index contributed by atoms with van der Waals surface area (Å²) >= 11 is 0. The molecule has 0 aromatic heterocycles. The molecule has 0 aromatic carbocycles. The third-order valence-corrected chi connectivity index (χ3v) is 4.93. The van der Waals surface area contributed by atoms with Crippen molar-refractivity contribution < 1.29 is 19.8 Å². The molecule has 0 bridgehead atoms. The molecule has 0 radical (unpaired) electrons. The second-order valence-electron chi connectivity index (χ2n) is 7.57. The number of hydrogen-bond acceptors (Lipinski definition) is 3. The third-order valence-electron chi connectivity index (χ3n) is 4.93. The highest BCUT2D eigenvalue weighted by Gasteiger charge is 2.29. The van der Waals surface area contributed by atoms with E-state index in [1.807, 2.05) is 58.9 Å². The normalized spacial score (nSPS) is 19.1. The average Bonchev–Trinajstić information content (AvgIpc) is 2.58. The van der Waals surface area contributed by atoms with Crippen molar-refractivity contribution in [3.8, 4) is 0 Å². The molecule has 5 unspecified atom stereocenters. The fourth-order valence-electron chi connectivity index (χ4n) is 2.91. The van der Waals surface area contributed by atoms with Crippen LogP contribution in [0.25, 0.3) is 0 Å². The van der Waals surface area contributed by atoms with Crippen LogP contribution in [0.2, 0.25) is 0 Å². The van der Waals surface area contributed by atoms with E-state index in [-0.39, 0.29) is 17.6 Å². The van der Waals surface area contributed by atoms with Crippen LogP contribution >= 0.6 is 0 Å². The number of hydrogen-bond donors (Lipinski definition) is 2. The molecule has 0 saturated heterocycles. The third kappa shape index (κ3) is 8.61. The van der Waals surface area contributed by atoms with Gasteiger partial charge in [-0.25, -0.2) is 0 Å². The van der Waals surface area contributed by atoms with Crippen molar-refractivity contribution in [2.24, 2.45) is 23.7 Å². The Hall–Kier alpha value is -1.68. The molecule has 4 heteroatoms. The van der Waals surface area contributed by atoms with E-state index >= 15 is 0 Å². The topological polar surface area (TPSA) is 74.6 Å². The number of carbonyl (C=O) groups excluding carboxylic acids is 1. The Balaban J connectivity index is 4.81. The summed E-state index contributed by atoms with van der Waals surface area (Å²) in [5.74, 6) is -1.91. The molecule has 0 aliphatic rings. The van der Waals surface area contributed by atoms with Crippen molar-refractivity contribution in [3.05, 3.63) is 35.5 Å². The maximum absolute atomic E-state index is 12.6. The van der Waals surface area contributed by atoms with Crippen molar-refractivity contribution in [2.75, 3.05) is 0 Å². The molecule has 2 N–H and O–H groups in total. The van der Waals surface area contributed by atoms with Crippen molar-refractivity contribution in [2.45, 2.75) is 67.4 Å². The number of rotatable bonds is 11. The summed E-state index contributed by atoms with van der Waals surface area (Å²) < 4.78 is 0. The molecular formula is C22H36O4. The van der Waals surface area contributed by atoms with Gasteiger partial charge in [0.1, 0.15) is 5.78 Å². The van der Waals surface area contributed by atoms with E-state index in [1.165, 1.54) is 5.57 Å². The van der Waals surface area contributed by atoms with Gasteiger partial charge in [0.25, 0.3) is 0 Å². The smallest absolute Gasteiger partial charge is 0.306 e. The fourth-order valence-corrected chi connectivity index (χ4v) is 2.91. The molecule has 5 atom stereocenters. The molecule has 148 valence electrons. The zero-order chi connectivity index (χ0) is 20.4. The molecule has 26 heavy (non-hydrogen) atoms. The summed E-state index contributed by atoms with van der Waals surface area (Å²) in [6.07, 6.45) is 8.14. The summed E-state index contributed by atoms with van der Waals surface area (Å²) in [6.45, 7) is 13.2. The summed E-state index contributed by atoms with van der Waals surface area (Å²) in [7, 11) is 0. The van der Waals surface area contributed by atoms with E-state index in [2.05, 4.69) is 0 Å². The van der Waals surface area contributed by atoms with Crippen molar-refractivity contribution in [3.63, 3.8) is 0 Å². The van der Waals surface area contributed by atoms with Crippen LogP contribution in [0, 0.1) is 23.7 Å². The molecule has 4 nitrogen and oxygen atoms in total. The monoisotopic (exact) mass is 364 g/mol. The van der Waals surface area contributed by atoms with E-state index in [0.717, 1.165) is 12.0 Å². The van der Waals surface area contributed by atoms with Crippen LogP contribution in [0.15, 0.2) is 35.5 Å². The minimum atomic E-state index is -0.815. The number of carbonyl (C=O) groups is 2. The Morgan fingerprint density at radius 1 is 1.08 bits per heavy atom. The second-order valence-corrected chi connectivity index (χ2v) is 7.57. The highest BCUT2D eigenvalue weighted by Crippen LogP contribution is 2.23. The molecule has 0 fully saturated rings. The van der Waals surface area contributed by atoms with E-state index in [4.69, 9.17) is 5.11 Å². The van der Waals surface area contributed by atoms with E-state index in [0.29, 0.717) is 6.42 Å². The van der Waals surface area contributed by atoms with Crippen molar-refractivity contribution >= 4 is 11.8 Å². The van der Waals surface area contributed by atoms with Gasteiger partial charge in [-0.3, -0.25) is 9.59 Å². The minimum Gasteiger partial charge on any atom is -0.481 e. The Bertz CT molecular complexity index is 556. The van der Waals surface area contributed by atoms with Crippen LogP contribution in [0.5, 0.6) is 0 Å². The zero-order valence-corrected chi connectivity index (χ0v) is 17.3. The second kappa shape index (κ2) is 11.8. The number of aliphatic hydroxyl groups is 1. The number of Topliss-reactive ketones (excluding diaryl/α,β-unsaturated/α-hetero) is 1. The molecule has 0 aliphatic heterocycles. The number of ketones is 1. The zero-order valence-electron chi connectivity index (χ0n) is 17.3. The summed E-state index contributed by atoms with van der Waals surface area (Å²) in [6, 6.07) is 0. The minimum absolute atomic E-state index is 0.0223. The number of aliphatic hydroxyl groups excluding tert-OH is 1. The number of allylic oxidation sites excluding steroid dienone is 6. The van der Waals surface area contributed by atoms with Gasteiger partial charge in [0.15, 0.2) is 0 Å². The van der Waals surface area contributed by atoms with Crippen molar-refractivity contribution in [1.82, 2.24) is 0 Å². The van der Waals surface area contributed by atoms with Crippen LogP contribution in [-0.4, -0.2) is 28.1 Å². The first-order valence-corrected chi connectivity index (χ1v) is 9.42. The summed E-state index contributed by atoms with van der Waals surface area (Å²) in [4.78, 5) is 23.4. The quantitative estimate of drug-likeness (QED) is 0.408. The number of carboxylic acids is 1. The maximum Gasteiger partial charge on any atom is 0.306 e. The SMILES string of the molecule is CC=C(C)CC(C)C(O)C(C)C(=O)C(C)C=C(C)C=CCC(C)C(=O)O. The van der Waals surface area contributed by atoms with Gasteiger partial charge in [-0.2, -0.15) is 0 Å². The van der Waals surface area contributed by atoms with E-state index < -0.39 is 23.9 Å². The van der Waals surface area contributed by atoms with Crippen LogP contribution < -0.4 is 0 Å². The first-order valence-electron chi connectivity index (χ1n) is 9.42. The van der Waals surface area contributed by atoms with E-state index in [1.54, 1.807) is 13.8 Å². The summed E-state index contributed by atoms with van der Waals surface area (Å²) in [5, 5.41) is 19.4. The maximum atomic E-state index is 12.6. The standard InChI is InChI=1S/C22H36O4/c1-8-14(2)12-17(5)20(23)19(7)21(24)18(6)13-15(3)10-9-11-16(4)22(25)26/h8-10,13,16-20,23H,11-12H2,1-7H3,(H,25,26). The van der Waals surface area contributed by atoms with Gasteiger partial charge in [0.05, 0.1) is 12.0 Å². The Morgan fingerprint density at radius 3 is 2.15 bits per heavy atom. The average molecular weight is 365 g/mol. The fraction of sp³-hybridized carbons (Fsp3) is 0.636. The van der Waals surface area contributed by atoms with Gasteiger partial charge < -0.3 is 10.2 Å². The Labute approximate surface area is 158 Å². The van der Waals surface area contributed by atoms with Gasteiger partial charge >= 0.3 is 5.97 Å². The van der Waals surface area contributed by atoms with Gasteiger partial charge in [-0.1, -0.05) is 63.1 Å². The first kappa shape index (κ1) is 24.3. The predicted molar refractivity (Wildman–Crippen MR) is 107 cm³/mol. The largest absolute Gasteiger partial charge is 0.481 e. The number of carboxylic acid groups (broad SMARTS) is 1. The molecule has 0 aliphatic carbocycles. The van der Waals surface area contributed by atoms with E-state index in [9.17, 15) is 14.7 Å². The lowest BCUT2D eigenvalue weighted by Crippen LogP contribution is -2.34. The highest BCUT2D eigenvalue weighted by molar-refractivity contribution is 5.85. The lowest BCUT2D eigenvalue weighted by Gasteiger charge is -2.25. The van der Waals surface area contributed by atoms with Crippen molar-refractivity contribution in [1.29, 1.82) is 0 Å².